The standard InChI is InChI=1S/C56H74N2O7/c1-7-9-11-13-15-17-19-21-23-25-35-61-51-33-27-45(37-43(51)5)55(59)63-47-29-31-49(41(3)39-47)53-57-58-54(65-53)50-32-30-48(40-42(50)4)64-56(60)46-28-34-52(44(6)38-46)62-36-26-24-22-20-18-16-14-12-10-8-2/h27-34,37-40H,7-26,35-36H2,1-6H3. The predicted octanol–water partition coefficient (Wildman–Crippen LogP) is 15.7. The molecule has 5 aromatic rings. The zero-order valence-corrected chi connectivity index (χ0v) is 40.2. The van der Waals surface area contributed by atoms with Crippen LogP contribution in [0.1, 0.15) is 185 Å². The minimum atomic E-state index is -0.446. The number of hydrogen-bond acceptors (Lipinski definition) is 9. The SMILES string of the molecule is CCCCCCCCCCCCOc1ccc(C(=O)Oc2ccc(-c3nnc(-c4ccc(OC(=O)c5ccc(OCCCCCCCCCCCC)c(C)c5)cc4C)o3)c(C)c2)cc1C. The Balaban J connectivity index is 1.05. The van der Waals surface area contributed by atoms with Crippen LogP contribution in [0, 0.1) is 27.7 Å². The number of benzene rings is 4. The quantitative estimate of drug-likeness (QED) is 0.0253. The topological polar surface area (TPSA) is 110 Å². The second-order valence-corrected chi connectivity index (χ2v) is 17.7. The minimum Gasteiger partial charge on any atom is -0.493 e. The van der Waals surface area contributed by atoms with Gasteiger partial charge >= 0.3 is 11.9 Å². The number of nitrogens with zero attached hydrogens (tertiary/aromatic N) is 2. The average molecular weight is 887 g/mol. The highest BCUT2D eigenvalue weighted by atomic mass is 16.5. The number of esters is 2. The van der Waals surface area contributed by atoms with Gasteiger partial charge in [-0.3, -0.25) is 0 Å². The summed E-state index contributed by atoms with van der Waals surface area (Å²) in [7, 11) is 0. The van der Waals surface area contributed by atoms with E-state index in [2.05, 4.69) is 24.0 Å². The highest BCUT2D eigenvalue weighted by Gasteiger charge is 2.18. The molecule has 0 bridgehead atoms. The highest BCUT2D eigenvalue weighted by molar-refractivity contribution is 5.92. The van der Waals surface area contributed by atoms with Gasteiger partial charge in [0.1, 0.15) is 23.0 Å². The smallest absolute Gasteiger partial charge is 0.343 e. The van der Waals surface area contributed by atoms with E-state index in [1.165, 1.54) is 116 Å². The molecule has 350 valence electrons. The molecule has 65 heavy (non-hydrogen) atoms. The molecule has 0 atom stereocenters. The number of aromatic nitrogens is 2. The number of rotatable bonds is 30. The van der Waals surface area contributed by atoms with E-state index in [1.54, 1.807) is 48.5 Å². The fraction of sp³-hybridized carbons (Fsp3) is 0.500. The van der Waals surface area contributed by atoms with Crippen molar-refractivity contribution in [2.75, 3.05) is 13.2 Å². The van der Waals surface area contributed by atoms with Crippen LogP contribution in [-0.2, 0) is 0 Å². The molecule has 0 aliphatic heterocycles. The van der Waals surface area contributed by atoms with Gasteiger partial charge in [0.2, 0.25) is 11.8 Å². The maximum absolute atomic E-state index is 13.1. The van der Waals surface area contributed by atoms with E-state index < -0.39 is 11.9 Å². The van der Waals surface area contributed by atoms with Crippen LogP contribution in [-0.4, -0.2) is 35.3 Å². The molecule has 0 aliphatic rings. The Morgan fingerprint density at radius 1 is 0.431 bits per heavy atom. The molecular formula is C56H74N2O7. The monoisotopic (exact) mass is 887 g/mol. The largest absolute Gasteiger partial charge is 0.493 e. The number of carbonyl (C=O) groups excluding carboxylic acids is 2. The van der Waals surface area contributed by atoms with Gasteiger partial charge in [0.05, 0.1) is 24.3 Å². The third kappa shape index (κ3) is 16.8. The van der Waals surface area contributed by atoms with Gasteiger partial charge < -0.3 is 23.4 Å². The van der Waals surface area contributed by atoms with Crippen LogP contribution in [0.15, 0.2) is 77.2 Å². The molecule has 9 heteroatoms. The van der Waals surface area contributed by atoms with E-state index in [0.29, 0.717) is 47.6 Å². The van der Waals surface area contributed by atoms with E-state index >= 15 is 0 Å². The minimum absolute atomic E-state index is 0.334. The van der Waals surface area contributed by atoms with Gasteiger partial charge in [-0.05, 0) is 136 Å². The lowest BCUT2D eigenvalue weighted by molar-refractivity contribution is 0.0725. The van der Waals surface area contributed by atoms with Crippen molar-refractivity contribution in [3.05, 3.63) is 106 Å². The molecule has 0 fully saturated rings. The summed E-state index contributed by atoms with van der Waals surface area (Å²) in [5.74, 6) is 2.18. The molecule has 5 rings (SSSR count). The summed E-state index contributed by atoms with van der Waals surface area (Å²) in [6.07, 6.45) is 25.6. The molecule has 0 spiro atoms. The average Bonchev–Trinajstić information content (AvgIpc) is 3.78. The molecule has 9 nitrogen and oxygen atoms in total. The lowest BCUT2D eigenvalue weighted by Gasteiger charge is -2.11. The molecule has 0 saturated heterocycles. The lowest BCUT2D eigenvalue weighted by atomic mass is 10.1. The predicted molar refractivity (Wildman–Crippen MR) is 262 cm³/mol. The molecule has 4 aromatic carbocycles. The Kier molecular flexibility index (Phi) is 21.6. The van der Waals surface area contributed by atoms with E-state index in [9.17, 15) is 9.59 Å². The van der Waals surface area contributed by atoms with E-state index in [1.807, 2.05) is 52.0 Å². The molecule has 0 aliphatic carbocycles. The van der Waals surface area contributed by atoms with Crippen molar-refractivity contribution in [2.24, 2.45) is 0 Å². The maximum atomic E-state index is 13.1. The molecule has 0 amide bonds. The summed E-state index contributed by atoms with van der Waals surface area (Å²) < 4.78 is 29.7. The van der Waals surface area contributed by atoms with E-state index in [0.717, 1.165) is 57.7 Å². The van der Waals surface area contributed by atoms with Crippen molar-refractivity contribution in [1.29, 1.82) is 0 Å². The van der Waals surface area contributed by atoms with Gasteiger partial charge in [0, 0.05) is 11.1 Å². The number of hydrogen-bond donors (Lipinski definition) is 0. The van der Waals surface area contributed by atoms with Crippen LogP contribution in [0.3, 0.4) is 0 Å². The maximum Gasteiger partial charge on any atom is 0.343 e. The first-order chi connectivity index (χ1) is 31.7. The summed E-state index contributed by atoms with van der Waals surface area (Å²) >= 11 is 0. The molecule has 0 radical (unpaired) electrons. The molecule has 0 unspecified atom stereocenters. The summed E-state index contributed by atoms with van der Waals surface area (Å²) in [6.45, 7) is 13.6. The van der Waals surface area contributed by atoms with E-state index in [4.69, 9.17) is 23.4 Å². The van der Waals surface area contributed by atoms with Crippen LogP contribution in [0.5, 0.6) is 23.0 Å². The number of unbranched alkanes of at least 4 members (excludes halogenated alkanes) is 18. The van der Waals surface area contributed by atoms with E-state index in [-0.39, 0.29) is 0 Å². The Labute approximate surface area is 389 Å². The van der Waals surface area contributed by atoms with Gasteiger partial charge in [-0.1, -0.05) is 129 Å². The van der Waals surface area contributed by atoms with Gasteiger partial charge in [-0.25, -0.2) is 9.59 Å². The molecule has 0 saturated carbocycles. The molecule has 0 N–H and O–H groups in total. The zero-order valence-electron chi connectivity index (χ0n) is 40.2. The Morgan fingerprint density at radius 2 is 0.785 bits per heavy atom. The van der Waals surface area contributed by atoms with Gasteiger partial charge in [0.15, 0.2) is 0 Å². The van der Waals surface area contributed by atoms with Gasteiger partial charge in [-0.2, -0.15) is 0 Å². The van der Waals surface area contributed by atoms with Crippen molar-refractivity contribution in [3.8, 4) is 45.9 Å². The third-order valence-corrected chi connectivity index (χ3v) is 12.0. The molecular weight excluding hydrogens is 813 g/mol. The lowest BCUT2D eigenvalue weighted by Crippen LogP contribution is -2.09. The van der Waals surface area contributed by atoms with Crippen LogP contribution in [0.4, 0.5) is 0 Å². The summed E-state index contributed by atoms with van der Waals surface area (Å²) in [5.41, 5.74) is 5.75. The van der Waals surface area contributed by atoms with Crippen molar-refractivity contribution in [1.82, 2.24) is 10.2 Å². The van der Waals surface area contributed by atoms with Crippen LogP contribution < -0.4 is 18.9 Å². The summed E-state index contributed by atoms with van der Waals surface area (Å²) in [4.78, 5) is 26.3. The summed E-state index contributed by atoms with van der Waals surface area (Å²) in [6, 6.07) is 21.4. The normalized spacial score (nSPS) is 11.2. The first-order valence-electron chi connectivity index (χ1n) is 24.6. The van der Waals surface area contributed by atoms with Crippen LogP contribution in [0.2, 0.25) is 0 Å². The zero-order chi connectivity index (χ0) is 46.2. The van der Waals surface area contributed by atoms with Crippen molar-refractivity contribution in [2.45, 2.75) is 170 Å². The number of aryl methyl sites for hydroxylation is 4. The molecule has 1 heterocycles. The Hall–Kier alpha value is -5.44. The number of carbonyl (C=O) groups is 2. The summed E-state index contributed by atoms with van der Waals surface area (Å²) in [5, 5.41) is 8.64. The van der Waals surface area contributed by atoms with Crippen molar-refractivity contribution in [3.63, 3.8) is 0 Å². The first kappa shape index (κ1) is 50.6. The Bertz CT molecular complexity index is 2070. The van der Waals surface area contributed by atoms with Gasteiger partial charge in [0.25, 0.3) is 0 Å². The fourth-order valence-electron chi connectivity index (χ4n) is 8.07. The first-order valence-corrected chi connectivity index (χ1v) is 24.6. The molecule has 1 aromatic heterocycles. The second kappa shape index (κ2) is 27.8. The van der Waals surface area contributed by atoms with Crippen LogP contribution >= 0.6 is 0 Å². The Morgan fingerprint density at radius 3 is 1.12 bits per heavy atom. The number of ether oxygens (including phenoxy) is 4. The van der Waals surface area contributed by atoms with Crippen LogP contribution in [0.25, 0.3) is 22.9 Å². The fourth-order valence-corrected chi connectivity index (χ4v) is 8.07. The highest BCUT2D eigenvalue weighted by Crippen LogP contribution is 2.32. The van der Waals surface area contributed by atoms with Gasteiger partial charge in [-0.15, -0.1) is 10.2 Å². The second-order valence-electron chi connectivity index (χ2n) is 17.7. The van der Waals surface area contributed by atoms with Crippen molar-refractivity contribution >= 4 is 11.9 Å². The van der Waals surface area contributed by atoms with Crippen molar-refractivity contribution < 1.29 is 33.0 Å². The third-order valence-electron chi connectivity index (χ3n) is 12.0.